The fraction of sp³-hybridized carbons (Fsp3) is 0.364. The van der Waals surface area contributed by atoms with Crippen LogP contribution >= 0.6 is 11.6 Å². The van der Waals surface area contributed by atoms with Crippen molar-refractivity contribution in [3.05, 3.63) is 53.1 Å². The van der Waals surface area contributed by atoms with Gasteiger partial charge in [0, 0.05) is 5.69 Å². The third-order valence-corrected chi connectivity index (χ3v) is 6.13. The highest BCUT2D eigenvalue weighted by Crippen LogP contribution is 2.31. The van der Waals surface area contributed by atoms with Gasteiger partial charge in [-0.3, -0.25) is 9.10 Å². The number of nitrogens with zero attached hydrogens (tertiary/aromatic N) is 1. The lowest BCUT2D eigenvalue weighted by Crippen LogP contribution is -2.45. The van der Waals surface area contributed by atoms with E-state index in [0.29, 0.717) is 23.6 Å². The Morgan fingerprint density at radius 3 is 2.34 bits per heavy atom. The lowest BCUT2D eigenvalue weighted by Gasteiger charge is -2.28. The highest BCUT2D eigenvalue weighted by Gasteiger charge is 2.29. The van der Waals surface area contributed by atoms with Crippen molar-refractivity contribution in [1.82, 2.24) is 0 Å². The third kappa shape index (κ3) is 6.61. The average Bonchev–Trinajstić information content (AvgIpc) is 2.73. The molecule has 0 unspecified atom stereocenters. The van der Waals surface area contributed by atoms with Crippen LogP contribution in [0.2, 0.25) is 5.02 Å². The molecule has 0 fully saturated rings. The first-order chi connectivity index (χ1) is 15.1. The van der Waals surface area contributed by atoms with Gasteiger partial charge >= 0.3 is 5.97 Å². The van der Waals surface area contributed by atoms with Crippen molar-refractivity contribution in [2.75, 3.05) is 29.6 Å². The van der Waals surface area contributed by atoms with E-state index in [1.165, 1.54) is 44.4 Å². The van der Waals surface area contributed by atoms with E-state index in [2.05, 4.69) is 5.32 Å². The van der Waals surface area contributed by atoms with E-state index in [1.807, 2.05) is 6.92 Å². The summed E-state index contributed by atoms with van der Waals surface area (Å²) in [5.74, 6) is -0.612. The van der Waals surface area contributed by atoms with Gasteiger partial charge in [-0.2, -0.15) is 0 Å². The topological polar surface area (TPSA) is 102 Å². The van der Waals surface area contributed by atoms with Gasteiger partial charge in [-0.25, -0.2) is 13.2 Å². The molecule has 2 rings (SSSR count). The van der Waals surface area contributed by atoms with Gasteiger partial charge in [-0.05, 0) is 55.8 Å². The summed E-state index contributed by atoms with van der Waals surface area (Å²) in [5.41, 5.74) is 0.997. The SMILES string of the molecule is CCCCOC(=O)c1ccc(NC(=O)[C@@H](C)N(c2ccc(OC)c(Cl)c2)S(C)(=O)=O)cc1. The van der Waals surface area contributed by atoms with Crippen molar-refractivity contribution < 1.29 is 27.5 Å². The maximum atomic E-state index is 12.8. The summed E-state index contributed by atoms with van der Waals surface area (Å²) in [6.45, 7) is 3.82. The van der Waals surface area contributed by atoms with Crippen LogP contribution in [0.15, 0.2) is 42.5 Å². The number of methoxy groups -OCH3 is 1. The molecule has 32 heavy (non-hydrogen) atoms. The molecule has 0 saturated heterocycles. The second-order valence-electron chi connectivity index (χ2n) is 7.11. The first kappa shape index (κ1) is 25.5. The van der Waals surface area contributed by atoms with Gasteiger partial charge in [0.2, 0.25) is 15.9 Å². The molecule has 0 saturated carbocycles. The Labute approximate surface area is 193 Å². The number of benzene rings is 2. The van der Waals surface area contributed by atoms with E-state index >= 15 is 0 Å². The van der Waals surface area contributed by atoms with E-state index in [1.54, 1.807) is 12.1 Å². The van der Waals surface area contributed by atoms with Gasteiger partial charge in [0.05, 0.1) is 36.2 Å². The van der Waals surface area contributed by atoms with Crippen LogP contribution in [0.5, 0.6) is 5.75 Å². The number of ether oxygens (including phenoxy) is 2. The summed E-state index contributed by atoms with van der Waals surface area (Å²) in [6, 6.07) is 9.55. The number of amides is 1. The van der Waals surface area contributed by atoms with Crippen LogP contribution < -0.4 is 14.4 Å². The van der Waals surface area contributed by atoms with Crippen LogP contribution in [0.4, 0.5) is 11.4 Å². The summed E-state index contributed by atoms with van der Waals surface area (Å²) < 4.78 is 36.1. The molecule has 1 atom stereocenters. The van der Waals surface area contributed by atoms with Crippen LogP contribution in [0.3, 0.4) is 0 Å². The minimum absolute atomic E-state index is 0.215. The lowest BCUT2D eigenvalue weighted by molar-refractivity contribution is -0.116. The zero-order valence-electron chi connectivity index (χ0n) is 18.4. The summed E-state index contributed by atoms with van der Waals surface area (Å²) >= 11 is 6.13. The van der Waals surface area contributed by atoms with Crippen molar-refractivity contribution in [3.8, 4) is 5.75 Å². The predicted molar refractivity (Wildman–Crippen MR) is 125 cm³/mol. The van der Waals surface area contributed by atoms with Gasteiger partial charge in [0.15, 0.2) is 0 Å². The normalized spacial score (nSPS) is 12.0. The quantitative estimate of drug-likeness (QED) is 0.404. The molecule has 2 aromatic rings. The monoisotopic (exact) mass is 482 g/mol. The van der Waals surface area contributed by atoms with Crippen molar-refractivity contribution in [2.45, 2.75) is 32.7 Å². The number of rotatable bonds is 10. The molecule has 0 aliphatic rings. The molecule has 0 radical (unpaired) electrons. The van der Waals surface area contributed by atoms with Crippen LogP contribution in [0.25, 0.3) is 0 Å². The summed E-state index contributed by atoms with van der Waals surface area (Å²) in [6.07, 6.45) is 2.71. The minimum Gasteiger partial charge on any atom is -0.495 e. The molecule has 174 valence electrons. The number of unbranched alkanes of at least 4 members (excludes halogenated alkanes) is 1. The molecular formula is C22H27ClN2O6S. The van der Waals surface area contributed by atoms with E-state index in [4.69, 9.17) is 21.1 Å². The number of anilines is 2. The second kappa shape index (κ2) is 11.2. The third-order valence-electron chi connectivity index (χ3n) is 4.60. The molecule has 0 aliphatic carbocycles. The number of esters is 1. The second-order valence-corrected chi connectivity index (χ2v) is 9.38. The van der Waals surface area contributed by atoms with Gasteiger partial charge in [-0.1, -0.05) is 24.9 Å². The Morgan fingerprint density at radius 2 is 1.81 bits per heavy atom. The minimum atomic E-state index is -3.81. The molecule has 0 heterocycles. The highest BCUT2D eigenvalue weighted by atomic mass is 35.5. The standard InChI is InChI=1S/C22H27ClN2O6S/c1-5-6-13-31-22(27)16-7-9-17(10-8-16)24-21(26)15(2)25(32(4,28)29)18-11-12-20(30-3)19(23)14-18/h7-12,14-15H,5-6,13H2,1-4H3,(H,24,26)/t15-/m1/s1. The largest absolute Gasteiger partial charge is 0.495 e. The van der Waals surface area contributed by atoms with E-state index in [0.717, 1.165) is 23.4 Å². The Balaban J connectivity index is 2.16. The summed E-state index contributed by atoms with van der Waals surface area (Å²) in [7, 11) is -2.36. The van der Waals surface area contributed by atoms with Gasteiger partial charge in [-0.15, -0.1) is 0 Å². The molecule has 0 spiro atoms. The number of hydrogen-bond acceptors (Lipinski definition) is 6. The molecule has 0 aromatic heterocycles. The number of halogens is 1. The van der Waals surface area contributed by atoms with Crippen LogP contribution in [-0.2, 0) is 19.6 Å². The Morgan fingerprint density at radius 1 is 1.16 bits per heavy atom. The molecule has 8 nitrogen and oxygen atoms in total. The fourth-order valence-corrected chi connectivity index (χ4v) is 4.35. The average molecular weight is 483 g/mol. The summed E-state index contributed by atoms with van der Waals surface area (Å²) in [5, 5.41) is 2.88. The van der Waals surface area contributed by atoms with E-state index in [-0.39, 0.29) is 10.7 Å². The first-order valence-electron chi connectivity index (χ1n) is 9.99. The Bertz CT molecular complexity index is 1060. The first-order valence-corrected chi connectivity index (χ1v) is 12.2. The van der Waals surface area contributed by atoms with E-state index < -0.39 is 27.9 Å². The van der Waals surface area contributed by atoms with Crippen molar-refractivity contribution >= 4 is 44.9 Å². The summed E-state index contributed by atoms with van der Waals surface area (Å²) in [4.78, 5) is 24.8. The van der Waals surface area contributed by atoms with Crippen LogP contribution in [-0.4, -0.2) is 46.3 Å². The molecule has 1 amide bonds. The molecule has 0 bridgehead atoms. The predicted octanol–water partition coefficient (Wildman–Crippen LogP) is 4.10. The van der Waals surface area contributed by atoms with Crippen molar-refractivity contribution in [3.63, 3.8) is 0 Å². The van der Waals surface area contributed by atoms with Gasteiger partial charge < -0.3 is 14.8 Å². The smallest absolute Gasteiger partial charge is 0.338 e. The van der Waals surface area contributed by atoms with Crippen LogP contribution in [0, 0.1) is 0 Å². The fourth-order valence-electron chi connectivity index (χ4n) is 2.93. The van der Waals surface area contributed by atoms with Gasteiger partial charge in [0.1, 0.15) is 11.8 Å². The van der Waals surface area contributed by atoms with Crippen LogP contribution in [0.1, 0.15) is 37.0 Å². The zero-order valence-corrected chi connectivity index (χ0v) is 20.0. The van der Waals surface area contributed by atoms with E-state index in [9.17, 15) is 18.0 Å². The molecule has 2 aromatic carbocycles. The maximum Gasteiger partial charge on any atom is 0.338 e. The van der Waals surface area contributed by atoms with Crippen molar-refractivity contribution in [2.24, 2.45) is 0 Å². The highest BCUT2D eigenvalue weighted by molar-refractivity contribution is 7.92. The number of nitrogens with one attached hydrogen (secondary N) is 1. The maximum absolute atomic E-state index is 12.8. The van der Waals surface area contributed by atoms with Crippen molar-refractivity contribution in [1.29, 1.82) is 0 Å². The molecule has 0 aliphatic heterocycles. The zero-order chi connectivity index (χ0) is 23.9. The number of carbonyl (C=O) groups excluding carboxylic acids is 2. The lowest BCUT2D eigenvalue weighted by atomic mass is 10.2. The molecule has 10 heteroatoms. The Kier molecular flexibility index (Phi) is 8.91. The Hall–Kier alpha value is -2.78. The molecule has 1 N–H and O–H groups in total. The van der Waals surface area contributed by atoms with Gasteiger partial charge in [0.25, 0.3) is 0 Å². The number of carbonyl (C=O) groups is 2. The number of hydrogen-bond donors (Lipinski definition) is 1. The number of sulfonamides is 1. The molecular weight excluding hydrogens is 456 g/mol.